The Morgan fingerprint density at radius 1 is 1.23 bits per heavy atom. The molecule has 1 aromatic rings. The Kier molecular flexibility index (Phi) is 9.15. The van der Waals surface area contributed by atoms with Gasteiger partial charge in [0.05, 0.1) is 12.1 Å². The molecule has 0 heterocycles. The highest BCUT2D eigenvalue weighted by molar-refractivity contribution is 7.80. The van der Waals surface area contributed by atoms with Crippen molar-refractivity contribution >= 4 is 30.7 Å². The van der Waals surface area contributed by atoms with Gasteiger partial charge in [-0.3, -0.25) is 9.59 Å². The number of nitrogens with one attached hydrogen (secondary N) is 2. The predicted molar refractivity (Wildman–Crippen MR) is 103 cm³/mol. The van der Waals surface area contributed by atoms with E-state index >= 15 is 0 Å². The number of hydrogen-bond donors (Lipinski definition) is 5. The van der Waals surface area contributed by atoms with E-state index in [1.807, 2.05) is 13.8 Å². The van der Waals surface area contributed by atoms with Gasteiger partial charge in [-0.1, -0.05) is 32.4 Å². The molecule has 0 aromatic heterocycles. The van der Waals surface area contributed by atoms with E-state index in [-0.39, 0.29) is 23.8 Å². The molecule has 7 nitrogen and oxygen atoms in total. The van der Waals surface area contributed by atoms with Crippen LogP contribution in [-0.4, -0.2) is 47.1 Å². The molecule has 144 valence electrons. The molecule has 0 fully saturated rings. The van der Waals surface area contributed by atoms with Crippen LogP contribution in [0, 0.1) is 5.92 Å². The Balaban J connectivity index is 2.94. The summed E-state index contributed by atoms with van der Waals surface area (Å²) in [5, 5.41) is 14.7. The van der Waals surface area contributed by atoms with Crippen LogP contribution in [-0.2, 0) is 20.8 Å². The van der Waals surface area contributed by atoms with Crippen LogP contribution < -0.4 is 16.4 Å². The van der Waals surface area contributed by atoms with Crippen molar-refractivity contribution in [1.82, 2.24) is 10.6 Å². The van der Waals surface area contributed by atoms with Crippen molar-refractivity contribution in [2.24, 2.45) is 11.7 Å². The Labute approximate surface area is 159 Å². The number of carbonyl (C=O) groups excluding carboxylic acids is 3. The Morgan fingerprint density at radius 3 is 2.35 bits per heavy atom. The van der Waals surface area contributed by atoms with Gasteiger partial charge in [0.15, 0.2) is 0 Å². The third-order valence-corrected chi connectivity index (χ3v) is 4.65. The lowest BCUT2D eigenvalue weighted by atomic mass is 9.99. The second-order valence-corrected chi connectivity index (χ2v) is 6.64. The van der Waals surface area contributed by atoms with Gasteiger partial charge in [0, 0.05) is 12.2 Å². The van der Waals surface area contributed by atoms with Gasteiger partial charge >= 0.3 is 0 Å². The zero-order chi connectivity index (χ0) is 19.7. The highest BCUT2D eigenvalue weighted by Crippen LogP contribution is 2.12. The lowest BCUT2D eigenvalue weighted by molar-refractivity contribution is -0.130. The van der Waals surface area contributed by atoms with Gasteiger partial charge in [-0.25, -0.2) is 0 Å². The predicted octanol–water partition coefficient (Wildman–Crippen LogP) is 0.406. The average molecular weight is 381 g/mol. The largest absolute Gasteiger partial charge is 0.508 e. The molecular weight excluding hydrogens is 354 g/mol. The van der Waals surface area contributed by atoms with Gasteiger partial charge in [-0.2, -0.15) is 12.6 Å². The summed E-state index contributed by atoms with van der Waals surface area (Å²) in [4.78, 5) is 36.0. The van der Waals surface area contributed by atoms with Crippen molar-refractivity contribution in [1.29, 1.82) is 0 Å². The van der Waals surface area contributed by atoms with E-state index in [1.54, 1.807) is 12.1 Å². The first-order valence-corrected chi connectivity index (χ1v) is 9.16. The zero-order valence-electron chi connectivity index (χ0n) is 15.0. The first kappa shape index (κ1) is 22.0. The smallest absolute Gasteiger partial charge is 0.243 e. The number of phenols is 1. The van der Waals surface area contributed by atoms with E-state index in [0.717, 1.165) is 12.0 Å². The highest BCUT2D eigenvalue weighted by atomic mass is 32.1. The summed E-state index contributed by atoms with van der Waals surface area (Å²) in [6.07, 6.45) is 1.62. The van der Waals surface area contributed by atoms with Crippen molar-refractivity contribution in [2.75, 3.05) is 5.75 Å². The summed E-state index contributed by atoms with van der Waals surface area (Å²) in [6, 6.07) is 3.94. The molecular formula is C18H27N3O4S. The van der Waals surface area contributed by atoms with E-state index in [0.29, 0.717) is 6.29 Å². The molecule has 1 aromatic carbocycles. The number of hydrogen-bond acceptors (Lipinski definition) is 6. The number of aldehydes is 1. The molecule has 0 spiro atoms. The fraction of sp³-hybridized carbons (Fsp3) is 0.500. The Bertz CT molecular complexity index is 609. The molecule has 0 unspecified atom stereocenters. The number of amides is 2. The van der Waals surface area contributed by atoms with Gasteiger partial charge in [0.2, 0.25) is 11.8 Å². The Morgan fingerprint density at radius 2 is 1.85 bits per heavy atom. The summed E-state index contributed by atoms with van der Waals surface area (Å²) >= 11 is 3.99. The summed E-state index contributed by atoms with van der Waals surface area (Å²) < 4.78 is 0. The van der Waals surface area contributed by atoms with Crippen molar-refractivity contribution in [2.45, 2.75) is 44.8 Å². The van der Waals surface area contributed by atoms with Gasteiger partial charge in [0.1, 0.15) is 18.1 Å². The van der Waals surface area contributed by atoms with Crippen molar-refractivity contribution < 1.29 is 19.5 Å². The van der Waals surface area contributed by atoms with Crippen molar-refractivity contribution in [3.05, 3.63) is 29.8 Å². The molecule has 8 heteroatoms. The van der Waals surface area contributed by atoms with Gasteiger partial charge in [-0.05, 0) is 23.6 Å². The van der Waals surface area contributed by atoms with Crippen LogP contribution in [0.4, 0.5) is 0 Å². The second kappa shape index (κ2) is 10.8. The van der Waals surface area contributed by atoms with E-state index in [1.165, 1.54) is 12.1 Å². The first-order valence-electron chi connectivity index (χ1n) is 8.52. The molecule has 0 bridgehead atoms. The summed E-state index contributed by atoms with van der Waals surface area (Å²) in [5.74, 6) is -0.737. The fourth-order valence-corrected chi connectivity index (χ4v) is 2.43. The van der Waals surface area contributed by atoms with Crippen molar-refractivity contribution in [3.8, 4) is 5.75 Å². The minimum Gasteiger partial charge on any atom is -0.508 e. The van der Waals surface area contributed by atoms with Crippen LogP contribution in [0.15, 0.2) is 24.3 Å². The number of thiol groups is 1. The summed E-state index contributed by atoms with van der Waals surface area (Å²) in [7, 11) is 0. The van der Waals surface area contributed by atoms with Crippen LogP contribution in [0.2, 0.25) is 0 Å². The van der Waals surface area contributed by atoms with Crippen LogP contribution in [0.5, 0.6) is 5.75 Å². The molecule has 5 N–H and O–H groups in total. The molecule has 4 atom stereocenters. The third kappa shape index (κ3) is 6.68. The maximum Gasteiger partial charge on any atom is 0.243 e. The SMILES string of the molecule is CC[C@H](C)[C@@H](C=O)NC(=O)[C@H](Cc1ccc(O)cc1)NC(=O)[C@@H](N)CS. The second-order valence-electron chi connectivity index (χ2n) is 6.28. The molecule has 1 rings (SSSR count). The molecule has 0 saturated carbocycles. The molecule has 0 aliphatic rings. The van der Waals surface area contributed by atoms with E-state index in [2.05, 4.69) is 23.3 Å². The molecule has 26 heavy (non-hydrogen) atoms. The topological polar surface area (TPSA) is 122 Å². The third-order valence-electron chi connectivity index (χ3n) is 4.26. The molecule has 0 aliphatic heterocycles. The quantitative estimate of drug-likeness (QED) is 0.297. The average Bonchev–Trinajstić information content (AvgIpc) is 2.65. The molecule has 0 radical (unpaired) electrons. The highest BCUT2D eigenvalue weighted by Gasteiger charge is 2.26. The van der Waals surface area contributed by atoms with E-state index in [9.17, 15) is 19.5 Å². The fourth-order valence-electron chi connectivity index (χ4n) is 2.27. The standard InChI is InChI=1S/C18H27N3O4S/c1-3-11(2)16(9-22)21-18(25)15(20-17(24)14(19)10-26)8-12-4-6-13(23)7-5-12/h4-7,9,11,14-16,23,26H,3,8,10,19H2,1-2H3,(H,20,24)(H,21,25)/t11-,14-,15-,16+/m0/s1. The van der Waals surface area contributed by atoms with Crippen LogP contribution in [0.25, 0.3) is 0 Å². The van der Waals surface area contributed by atoms with Crippen molar-refractivity contribution in [3.63, 3.8) is 0 Å². The summed E-state index contributed by atoms with van der Waals surface area (Å²) in [5.41, 5.74) is 6.41. The number of nitrogens with two attached hydrogens (primary N) is 1. The molecule has 2 amide bonds. The number of benzene rings is 1. The minimum atomic E-state index is -0.899. The number of rotatable bonds is 10. The van der Waals surface area contributed by atoms with Gasteiger partial charge in [0.25, 0.3) is 0 Å². The number of aromatic hydroxyl groups is 1. The van der Waals surface area contributed by atoms with E-state index < -0.39 is 29.9 Å². The van der Waals surface area contributed by atoms with E-state index in [4.69, 9.17) is 5.73 Å². The van der Waals surface area contributed by atoms with Crippen LogP contribution in [0.1, 0.15) is 25.8 Å². The lowest BCUT2D eigenvalue weighted by Gasteiger charge is -2.24. The summed E-state index contributed by atoms with van der Waals surface area (Å²) in [6.45, 7) is 3.79. The lowest BCUT2D eigenvalue weighted by Crippen LogP contribution is -2.55. The maximum atomic E-state index is 12.7. The number of carbonyl (C=O) groups is 3. The number of phenolic OH excluding ortho intramolecular Hbond substituents is 1. The minimum absolute atomic E-state index is 0.0267. The first-order chi connectivity index (χ1) is 12.3. The maximum absolute atomic E-state index is 12.7. The molecule has 0 aliphatic carbocycles. The monoisotopic (exact) mass is 381 g/mol. The van der Waals surface area contributed by atoms with Crippen LogP contribution in [0.3, 0.4) is 0 Å². The normalized spacial score (nSPS) is 15.4. The zero-order valence-corrected chi connectivity index (χ0v) is 15.9. The van der Waals surface area contributed by atoms with Gasteiger partial charge in [-0.15, -0.1) is 0 Å². The van der Waals surface area contributed by atoms with Crippen LogP contribution >= 0.6 is 12.6 Å². The van der Waals surface area contributed by atoms with Gasteiger partial charge < -0.3 is 26.3 Å². The Hall–Kier alpha value is -2.06. The molecule has 0 saturated heterocycles.